The van der Waals surface area contributed by atoms with E-state index in [9.17, 15) is 35.9 Å². The molecule has 2 amide bonds. The Morgan fingerprint density at radius 1 is 0.793 bits per heavy atom. The number of halogens is 6. The zero-order chi connectivity index (χ0) is 21.7. The smallest absolute Gasteiger partial charge is 0.325 e. The maximum Gasteiger partial charge on any atom is 0.430 e. The minimum absolute atomic E-state index is 0.205. The van der Waals surface area contributed by atoms with Crippen molar-refractivity contribution in [2.75, 3.05) is 11.1 Å². The second-order valence-electron chi connectivity index (χ2n) is 5.70. The highest BCUT2D eigenvalue weighted by atomic mass is 32.2. The quantitative estimate of drug-likeness (QED) is 0.514. The fourth-order valence-electron chi connectivity index (χ4n) is 2.22. The van der Waals surface area contributed by atoms with Crippen LogP contribution >= 0.6 is 11.8 Å². The van der Waals surface area contributed by atoms with Crippen LogP contribution in [-0.2, 0) is 4.79 Å². The second-order valence-corrected chi connectivity index (χ2v) is 6.89. The number of hydrogen-bond donors (Lipinski definition) is 2. The number of alkyl halides is 6. The van der Waals surface area contributed by atoms with Crippen LogP contribution in [0.5, 0.6) is 0 Å². The molecular formula is C18H14F6N2O2S. The highest BCUT2D eigenvalue weighted by Crippen LogP contribution is 2.50. The molecule has 0 spiro atoms. The van der Waals surface area contributed by atoms with Gasteiger partial charge in [0.2, 0.25) is 5.91 Å². The zero-order valence-electron chi connectivity index (χ0n) is 14.5. The van der Waals surface area contributed by atoms with E-state index in [1.54, 1.807) is 6.07 Å². The Kier molecular flexibility index (Phi) is 6.83. The van der Waals surface area contributed by atoms with Crippen molar-refractivity contribution in [3.8, 4) is 0 Å². The summed E-state index contributed by atoms with van der Waals surface area (Å²) in [4.78, 5) is 19.3. The van der Waals surface area contributed by atoms with Crippen LogP contribution in [0.2, 0.25) is 0 Å². The van der Waals surface area contributed by atoms with Crippen molar-refractivity contribution in [2.24, 2.45) is 0 Å². The number of nitrogens with one attached hydrogen (secondary N) is 2. The number of para-hydroxylation sites is 1. The molecule has 0 fully saturated rings. The monoisotopic (exact) mass is 436 g/mol. The normalized spacial score (nSPS) is 12.3. The van der Waals surface area contributed by atoms with Gasteiger partial charge < -0.3 is 10.6 Å². The molecule has 0 radical (unpaired) electrons. The number of rotatable bonds is 6. The van der Waals surface area contributed by atoms with Gasteiger partial charge in [0.25, 0.3) is 10.8 Å². The lowest BCUT2D eigenvalue weighted by Crippen LogP contribution is -2.65. The summed E-state index contributed by atoms with van der Waals surface area (Å²) in [6.45, 7) is 0. The van der Waals surface area contributed by atoms with E-state index in [2.05, 4.69) is 5.32 Å². The van der Waals surface area contributed by atoms with Crippen molar-refractivity contribution in [1.29, 1.82) is 0 Å². The molecule has 4 nitrogen and oxygen atoms in total. The number of benzene rings is 2. The third-order valence-electron chi connectivity index (χ3n) is 3.60. The lowest BCUT2D eigenvalue weighted by atomic mass is 10.2. The Labute approximate surface area is 165 Å². The number of carbonyl (C=O) groups excluding carboxylic acids is 2. The molecule has 0 atom stereocenters. The lowest BCUT2D eigenvalue weighted by Gasteiger charge is -2.37. The molecule has 0 saturated carbocycles. The Bertz CT molecular complexity index is 827. The summed E-state index contributed by atoms with van der Waals surface area (Å²) in [5.74, 6) is -3.87. The Hall–Kier alpha value is -2.69. The Morgan fingerprint density at radius 2 is 1.28 bits per heavy atom. The summed E-state index contributed by atoms with van der Waals surface area (Å²) < 4.78 is 81.2. The molecule has 156 valence electrons. The van der Waals surface area contributed by atoms with Gasteiger partial charge in [0.15, 0.2) is 0 Å². The van der Waals surface area contributed by atoms with Crippen molar-refractivity contribution in [1.82, 2.24) is 5.32 Å². The van der Waals surface area contributed by atoms with Crippen LogP contribution in [0.3, 0.4) is 0 Å². The van der Waals surface area contributed by atoms with Crippen LogP contribution in [-0.4, -0.2) is 34.8 Å². The van der Waals surface area contributed by atoms with E-state index in [0.717, 1.165) is 17.4 Å². The first-order valence-corrected chi connectivity index (χ1v) is 8.95. The average molecular weight is 436 g/mol. The molecular weight excluding hydrogens is 422 g/mol. The number of thioether (sulfide) groups is 1. The molecule has 2 rings (SSSR count). The van der Waals surface area contributed by atoms with Crippen molar-refractivity contribution >= 4 is 29.3 Å². The van der Waals surface area contributed by atoms with Gasteiger partial charge in [-0.3, -0.25) is 9.59 Å². The fourth-order valence-corrected chi connectivity index (χ4v) is 3.13. The van der Waals surface area contributed by atoms with E-state index in [1.165, 1.54) is 42.5 Å². The Morgan fingerprint density at radius 3 is 1.76 bits per heavy atom. The number of amides is 2. The van der Waals surface area contributed by atoms with E-state index in [1.807, 2.05) is 0 Å². The predicted octanol–water partition coefficient (Wildman–Crippen LogP) is 4.61. The number of hydrogen-bond acceptors (Lipinski definition) is 3. The van der Waals surface area contributed by atoms with Crippen LogP contribution in [0, 0.1) is 0 Å². The highest BCUT2D eigenvalue weighted by molar-refractivity contribution is 8.01. The molecule has 2 N–H and O–H groups in total. The van der Waals surface area contributed by atoms with E-state index in [4.69, 9.17) is 0 Å². The first-order chi connectivity index (χ1) is 13.5. The third kappa shape index (κ3) is 5.43. The molecule has 0 aliphatic heterocycles. The summed E-state index contributed by atoms with van der Waals surface area (Å²) in [7, 11) is 0. The SMILES string of the molecule is O=C(CSC(NC(=O)c1ccccc1)(C(F)(F)F)C(F)(F)F)Nc1ccccc1. The third-order valence-corrected chi connectivity index (χ3v) is 5.01. The van der Waals surface area contributed by atoms with Crippen molar-refractivity contribution < 1.29 is 35.9 Å². The number of carbonyl (C=O) groups is 2. The minimum Gasteiger partial charge on any atom is -0.325 e. The van der Waals surface area contributed by atoms with Gasteiger partial charge in [-0.2, -0.15) is 26.3 Å². The molecule has 0 aromatic heterocycles. The van der Waals surface area contributed by atoms with Gasteiger partial charge in [-0.05, 0) is 24.3 Å². The molecule has 11 heteroatoms. The van der Waals surface area contributed by atoms with Crippen LogP contribution in [0.4, 0.5) is 32.0 Å². The molecule has 29 heavy (non-hydrogen) atoms. The van der Waals surface area contributed by atoms with Crippen LogP contribution in [0.25, 0.3) is 0 Å². The van der Waals surface area contributed by atoms with Gasteiger partial charge >= 0.3 is 12.4 Å². The molecule has 2 aromatic carbocycles. The summed E-state index contributed by atoms with van der Waals surface area (Å²) in [6.07, 6.45) is -11.8. The van der Waals surface area contributed by atoms with Gasteiger partial charge in [-0.15, -0.1) is 11.8 Å². The zero-order valence-corrected chi connectivity index (χ0v) is 15.3. The van der Waals surface area contributed by atoms with E-state index in [0.29, 0.717) is 0 Å². The topological polar surface area (TPSA) is 58.2 Å². The molecule has 0 bridgehead atoms. The van der Waals surface area contributed by atoms with Gasteiger partial charge in [0.1, 0.15) is 0 Å². The van der Waals surface area contributed by atoms with E-state index >= 15 is 0 Å². The van der Waals surface area contributed by atoms with Gasteiger partial charge in [-0.25, -0.2) is 0 Å². The van der Waals surface area contributed by atoms with Crippen LogP contribution in [0.1, 0.15) is 10.4 Å². The molecule has 2 aromatic rings. The van der Waals surface area contributed by atoms with Crippen molar-refractivity contribution in [3.63, 3.8) is 0 Å². The van der Waals surface area contributed by atoms with Crippen molar-refractivity contribution in [3.05, 3.63) is 66.2 Å². The summed E-state index contributed by atoms with van der Waals surface area (Å²) in [5.41, 5.74) is -0.184. The van der Waals surface area contributed by atoms with Crippen molar-refractivity contribution in [2.45, 2.75) is 17.2 Å². The second kappa shape index (κ2) is 8.76. The van der Waals surface area contributed by atoms with Crippen LogP contribution < -0.4 is 10.6 Å². The van der Waals surface area contributed by atoms with Gasteiger partial charge in [0.05, 0.1) is 5.75 Å². The van der Waals surface area contributed by atoms with E-state index in [-0.39, 0.29) is 11.3 Å². The first kappa shape index (κ1) is 22.6. The fraction of sp³-hybridized carbons (Fsp3) is 0.222. The molecule has 0 aliphatic carbocycles. The first-order valence-electron chi connectivity index (χ1n) is 7.96. The summed E-state index contributed by atoms with van der Waals surface area (Å²) in [6, 6.07) is 13.7. The standard InChI is InChI=1S/C18H14F6N2O2S/c19-17(20,21)16(18(22,23)24,26-15(28)12-7-3-1-4-8-12)29-11-14(27)25-13-9-5-2-6-10-13/h1-10H,11H2,(H,25,27)(H,26,28). The molecule has 0 unspecified atom stereocenters. The summed E-state index contributed by atoms with van der Waals surface area (Å²) >= 11 is -0.761. The Balaban J connectivity index is 2.26. The largest absolute Gasteiger partial charge is 0.430 e. The maximum absolute atomic E-state index is 13.5. The molecule has 0 saturated heterocycles. The molecule has 0 aliphatic rings. The molecule has 0 heterocycles. The van der Waals surface area contributed by atoms with Crippen LogP contribution in [0.15, 0.2) is 60.7 Å². The minimum atomic E-state index is -5.92. The average Bonchev–Trinajstić information content (AvgIpc) is 2.64. The maximum atomic E-state index is 13.5. The van der Waals surface area contributed by atoms with Gasteiger partial charge in [-0.1, -0.05) is 36.4 Å². The van der Waals surface area contributed by atoms with E-state index < -0.39 is 46.6 Å². The highest BCUT2D eigenvalue weighted by Gasteiger charge is 2.72. The van der Waals surface area contributed by atoms with Gasteiger partial charge in [0, 0.05) is 11.3 Å². The number of anilines is 1. The lowest BCUT2D eigenvalue weighted by molar-refractivity contribution is -0.270. The summed E-state index contributed by atoms with van der Waals surface area (Å²) in [5, 5.41) is 3.24. The predicted molar refractivity (Wildman–Crippen MR) is 96.3 cm³/mol.